The molecule has 2 unspecified atom stereocenters. The Bertz CT molecular complexity index is 644. The highest BCUT2D eigenvalue weighted by molar-refractivity contribution is 8.13. The van der Waals surface area contributed by atoms with Gasteiger partial charge >= 0.3 is 0 Å². The van der Waals surface area contributed by atoms with Gasteiger partial charge in [-0.3, -0.25) is 4.79 Å². The van der Waals surface area contributed by atoms with Crippen molar-refractivity contribution in [2.24, 2.45) is 0 Å². The van der Waals surface area contributed by atoms with Crippen LogP contribution in [0.3, 0.4) is 0 Å². The molecule has 2 atom stereocenters. The first-order valence-corrected chi connectivity index (χ1v) is 9.14. The van der Waals surface area contributed by atoms with Gasteiger partial charge in [0, 0.05) is 22.9 Å². The predicted octanol–water partition coefficient (Wildman–Crippen LogP) is 2.08. The Labute approximate surface area is 129 Å². The number of halogens is 1. The number of ether oxygens (including phenoxy) is 1. The van der Waals surface area contributed by atoms with Crippen molar-refractivity contribution in [1.82, 2.24) is 5.32 Å². The molecule has 21 heavy (non-hydrogen) atoms. The summed E-state index contributed by atoms with van der Waals surface area (Å²) in [5.41, 5.74) is 0.879. The fourth-order valence-electron chi connectivity index (χ4n) is 2.39. The second-order valence-electron chi connectivity index (χ2n) is 5.06. The molecule has 1 N–H and O–H groups in total. The lowest BCUT2D eigenvalue weighted by Crippen LogP contribution is -2.39. The van der Waals surface area contributed by atoms with Crippen LogP contribution in [0.25, 0.3) is 0 Å². The fraction of sp³-hybridized carbons (Fsp3) is 0.500. The van der Waals surface area contributed by atoms with E-state index >= 15 is 0 Å². The number of carbonyl (C=O) groups excluding carboxylic acids is 1. The second kappa shape index (κ2) is 6.34. The zero-order valence-electron chi connectivity index (χ0n) is 11.9. The smallest absolute Gasteiger partial charge is 0.261 e. The zero-order valence-corrected chi connectivity index (χ0v) is 13.5. The van der Waals surface area contributed by atoms with Gasteiger partial charge in [0.15, 0.2) is 0 Å². The summed E-state index contributed by atoms with van der Waals surface area (Å²) >= 11 is 0. The molecule has 0 bridgehead atoms. The van der Waals surface area contributed by atoms with Crippen LogP contribution < -0.4 is 5.32 Å². The molecule has 0 radical (unpaired) electrons. The van der Waals surface area contributed by atoms with Crippen LogP contribution in [-0.2, 0) is 20.2 Å². The molecule has 5 nitrogen and oxygen atoms in total. The van der Waals surface area contributed by atoms with Gasteiger partial charge in [-0.05, 0) is 37.5 Å². The molecule has 0 saturated carbocycles. The number of rotatable bonds is 4. The van der Waals surface area contributed by atoms with Gasteiger partial charge < -0.3 is 10.1 Å². The van der Waals surface area contributed by atoms with E-state index in [1.807, 2.05) is 13.8 Å². The monoisotopic (exact) mass is 331 g/mol. The summed E-state index contributed by atoms with van der Waals surface area (Å²) in [7, 11) is 1.56. The quantitative estimate of drug-likeness (QED) is 0.857. The van der Waals surface area contributed by atoms with Gasteiger partial charge in [-0.25, -0.2) is 8.42 Å². The highest BCUT2D eigenvalue weighted by Crippen LogP contribution is 2.22. The Morgan fingerprint density at radius 1 is 1.48 bits per heavy atom. The average Bonchev–Trinajstić information content (AvgIpc) is 2.82. The van der Waals surface area contributed by atoms with Crippen LogP contribution in [-0.4, -0.2) is 33.1 Å². The Kier molecular flexibility index (Phi) is 4.91. The van der Waals surface area contributed by atoms with E-state index in [4.69, 9.17) is 15.4 Å². The molecular weight excluding hydrogens is 314 g/mol. The Morgan fingerprint density at radius 2 is 2.19 bits per heavy atom. The predicted molar refractivity (Wildman–Crippen MR) is 80.1 cm³/mol. The van der Waals surface area contributed by atoms with Crippen molar-refractivity contribution < 1.29 is 17.9 Å². The molecule has 0 aromatic heterocycles. The lowest BCUT2D eigenvalue weighted by atomic mass is 10.1. The van der Waals surface area contributed by atoms with Gasteiger partial charge in [0.25, 0.3) is 15.0 Å². The number of aryl methyl sites for hydroxylation is 1. The van der Waals surface area contributed by atoms with Gasteiger partial charge in [0.05, 0.1) is 17.0 Å². The summed E-state index contributed by atoms with van der Waals surface area (Å²) in [6.07, 6.45) is 1.23. The summed E-state index contributed by atoms with van der Waals surface area (Å²) in [6.45, 7) is 4.34. The second-order valence-corrected chi connectivity index (χ2v) is 7.59. The maximum absolute atomic E-state index is 12.2. The van der Waals surface area contributed by atoms with E-state index in [2.05, 4.69) is 5.32 Å². The van der Waals surface area contributed by atoms with Crippen molar-refractivity contribution >= 4 is 25.6 Å². The van der Waals surface area contributed by atoms with Crippen molar-refractivity contribution in [2.75, 3.05) is 6.61 Å². The third kappa shape index (κ3) is 3.75. The van der Waals surface area contributed by atoms with Gasteiger partial charge in [-0.15, -0.1) is 0 Å². The summed E-state index contributed by atoms with van der Waals surface area (Å²) in [5, 5.41) is 2.86. The average molecular weight is 332 g/mol. The van der Waals surface area contributed by atoms with E-state index in [1.54, 1.807) is 12.1 Å². The highest BCUT2D eigenvalue weighted by Gasteiger charge is 2.26. The number of nitrogens with one attached hydrogen (secondary N) is 1. The fourth-order valence-corrected chi connectivity index (χ4v) is 3.61. The molecule has 1 aromatic rings. The number of hydrogen-bond donors (Lipinski definition) is 1. The molecule has 1 heterocycles. The molecule has 1 aromatic carbocycles. The third-order valence-corrected chi connectivity index (χ3v) is 5.07. The highest BCUT2D eigenvalue weighted by atomic mass is 35.7. The number of hydrogen-bond acceptors (Lipinski definition) is 4. The Morgan fingerprint density at radius 3 is 2.71 bits per heavy atom. The van der Waals surface area contributed by atoms with E-state index in [1.165, 1.54) is 6.07 Å². The lowest BCUT2D eigenvalue weighted by Gasteiger charge is -2.16. The molecule has 1 fully saturated rings. The lowest BCUT2D eigenvalue weighted by molar-refractivity contribution is 0.0866. The molecular formula is C14H18ClNO4S. The zero-order chi connectivity index (χ0) is 15.6. The molecule has 0 aliphatic carbocycles. The van der Waals surface area contributed by atoms with Crippen LogP contribution in [0, 0.1) is 0 Å². The van der Waals surface area contributed by atoms with E-state index in [0.29, 0.717) is 18.6 Å². The van der Waals surface area contributed by atoms with Gasteiger partial charge in [0.1, 0.15) is 0 Å². The van der Waals surface area contributed by atoms with Crippen LogP contribution >= 0.6 is 10.7 Å². The summed E-state index contributed by atoms with van der Waals surface area (Å²) in [4.78, 5) is 12.2. The standard InChI is InChI=1S/C14H18ClNO4S/c1-3-10-4-5-11(8-13(10)21(15,18)19)14(17)16-12-6-7-20-9(12)2/h4-5,8-9,12H,3,6-7H2,1-2H3,(H,16,17). The minimum atomic E-state index is -3.87. The van der Waals surface area contributed by atoms with Crippen LogP contribution in [0.1, 0.15) is 36.2 Å². The van der Waals surface area contributed by atoms with Crippen molar-refractivity contribution in [3.8, 4) is 0 Å². The first kappa shape index (κ1) is 16.3. The van der Waals surface area contributed by atoms with Gasteiger partial charge in [0.2, 0.25) is 0 Å². The number of amides is 1. The number of benzene rings is 1. The normalized spacial score (nSPS) is 22.2. The van der Waals surface area contributed by atoms with Crippen LogP contribution in [0.2, 0.25) is 0 Å². The maximum Gasteiger partial charge on any atom is 0.261 e. The molecule has 0 spiro atoms. The minimum absolute atomic E-state index is 0.00460. The first-order valence-electron chi connectivity index (χ1n) is 6.83. The van der Waals surface area contributed by atoms with Gasteiger partial charge in [-0.2, -0.15) is 0 Å². The molecule has 1 amide bonds. The Hall–Kier alpha value is -1.11. The van der Waals surface area contributed by atoms with E-state index < -0.39 is 9.05 Å². The molecule has 1 saturated heterocycles. The SMILES string of the molecule is CCc1ccc(C(=O)NC2CCOC2C)cc1S(=O)(=O)Cl. The largest absolute Gasteiger partial charge is 0.376 e. The molecule has 2 rings (SSSR count). The number of carbonyl (C=O) groups is 1. The van der Waals surface area contributed by atoms with Crippen molar-refractivity contribution in [2.45, 2.75) is 43.7 Å². The topological polar surface area (TPSA) is 72.5 Å². The van der Waals surface area contributed by atoms with E-state index in [0.717, 1.165) is 6.42 Å². The van der Waals surface area contributed by atoms with E-state index in [-0.39, 0.29) is 28.5 Å². The molecule has 1 aliphatic rings. The van der Waals surface area contributed by atoms with E-state index in [9.17, 15) is 13.2 Å². The molecule has 116 valence electrons. The summed E-state index contributed by atoms with van der Waals surface area (Å²) in [5.74, 6) is -0.318. The van der Waals surface area contributed by atoms with Crippen molar-refractivity contribution in [1.29, 1.82) is 0 Å². The third-order valence-electron chi connectivity index (χ3n) is 3.67. The molecule has 1 aliphatic heterocycles. The maximum atomic E-state index is 12.2. The van der Waals surface area contributed by atoms with Crippen LogP contribution in [0.15, 0.2) is 23.1 Å². The minimum Gasteiger partial charge on any atom is -0.376 e. The summed E-state index contributed by atoms with van der Waals surface area (Å²) < 4.78 is 28.6. The first-order chi connectivity index (χ1) is 9.82. The van der Waals surface area contributed by atoms with Crippen molar-refractivity contribution in [3.63, 3.8) is 0 Å². The summed E-state index contributed by atoms with van der Waals surface area (Å²) in [6, 6.07) is 4.51. The Balaban J connectivity index is 2.26. The van der Waals surface area contributed by atoms with Crippen LogP contribution in [0.4, 0.5) is 0 Å². The van der Waals surface area contributed by atoms with Crippen molar-refractivity contribution in [3.05, 3.63) is 29.3 Å². The van der Waals surface area contributed by atoms with Gasteiger partial charge in [-0.1, -0.05) is 13.0 Å². The molecule has 7 heteroatoms. The van der Waals surface area contributed by atoms with Crippen LogP contribution in [0.5, 0.6) is 0 Å².